The summed E-state index contributed by atoms with van der Waals surface area (Å²) in [5.74, 6) is -0.106. The van der Waals surface area contributed by atoms with Crippen molar-refractivity contribution in [2.24, 2.45) is 0 Å². The Kier molecular flexibility index (Phi) is 8.03. The van der Waals surface area contributed by atoms with Gasteiger partial charge in [-0.1, -0.05) is 12.1 Å². The molecule has 0 spiro atoms. The summed E-state index contributed by atoms with van der Waals surface area (Å²) in [6, 6.07) is 7.00. The van der Waals surface area contributed by atoms with Gasteiger partial charge in [-0.2, -0.15) is 0 Å². The number of hydrogen-bond acceptors (Lipinski definition) is 6. The maximum absolute atomic E-state index is 12.9. The van der Waals surface area contributed by atoms with E-state index in [1.165, 1.54) is 6.08 Å². The molecule has 23 heavy (non-hydrogen) atoms. The van der Waals surface area contributed by atoms with Crippen LogP contribution in [0.25, 0.3) is 6.08 Å². The smallest absolute Gasteiger partial charge is 0.368 e. The van der Waals surface area contributed by atoms with Crippen molar-refractivity contribution in [2.75, 3.05) is 26.9 Å². The van der Waals surface area contributed by atoms with E-state index in [-0.39, 0.29) is 25.1 Å². The summed E-state index contributed by atoms with van der Waals surface area (Å²) in [6.45, 7) is 5.48. The predicted octanol–water partition coefficient (Wildman–Crippen LogP) is 3.87. The van der Waals surface area contributed by atoms with Crippen LogP contribution < -0.4 is 4.74 Å². The molecular formula is C16H23O6P. The highest BCUT2D eigenvalue weighted by molar-refractivity contribution is 7.60. The van der Waals surface area contributed by atoms with Crippen LogP contribution in [0.4, 0.5) is 0 Å². The van der Waals surface area contributed by atoms with E-state index in [1.54, 1.807) is 52.1 Å². The lowest BCUT2D eigenvalue weighted by molar-refractivity contribution is -0.137. The number of methoxy groups -OCH3 is 1. The Morgan fingerprint density at radius 1 is 1.13 bits per heavy atom. The molecule has 1 aromatic rings. The highest BCUT2D eigenvalue weighted by atomic mass is 31.2. The third kappa shape index (κ3) is 5.50. The zero-order chi connectivity index (χ0) is 17.3. The van der Waals surface area contributed by atoms with Gasteiger partial charge in [-0.25, -0.2) is 4.79 Å². The molecule has 0 saturated carbocycles. The average Bonchev–Trinajstić information content (AvgIpc) is 2.53. The summed E-state index contributed by atoms with van der Waals surface area (Å²) in [6.07, 6.45) is 1.45. The second-order valence-corrected chi connectivity index (χ2v) is 6.35. The number of esters is 1. The first-order chi connectivity index (χ1) is 11.0. The zero-order valence-electron chi connectivity index (χ0n) is 13.9. The molecular weight excluding hydrogens is 319 g/mol. The quantitative estimate of drug-likeness (QED) is 0.385. The Bertz CT molecular complexity index is 586. The van der Waals surface area contributed by atoms with Gasteiger partial charge < -0.3 is 18.5 Å². The van der Waals surface area contributed by atoms with Crippen LogP contribution in [0, 0.1) is 0 Å². The Morgan fingerprint density at radius 3 is 2.30 bits per heavy atom. The molecule has 0 bridgehead atoms. The third-order valence-corrected chi connectivity index (χ3v) is 4.87. The van der Waals surface area contributed by atoms with Gasteiger partial charge in [-0.3, -0.25) is 4.57 Å². The first-order valence-electron chi connectivity index (χ1n) is 7.43. The van der Waals surface area contributed by atoms with Crippen molar-refractivity contribution in [2.45, 2.75) is 20.8 Å². The Morgan fingerprint density at radius 2 is 1.78 bits per heavy atom. The molecule has 0 N–H and O–H groups in total. The fourth-order valence-electron chi connectivity index (χ4n) is 1.86. The van der Waals surface area contributed by atoms with Crippen molar-refractivity contribution in [3.8, 4) is 5.75 Å². The van der Waals surface area contributed by atoms with Crippen LogP contribution in [0.1, 0.15) is 26.3 Å². The lowest BCUT2D eigenvalue weighted by Gasteiger charge is -2.19. The Balaban J connectivity index is 3.35. The first kappa shape index (κ1) is 19.4. The molecule has 128 valence electrons. The summed E-state index contributed by atoms with van der Waals surface area (Å²) in [7, 11) is -2.22. The van der Waals surface area contributed by atoms with Crippen LogP contribution in [0.5, 0.6) is 5.75 Å². The number of ether oxygens (including phenoxy) is 2. The number of rotatable bonds is 9. The molecule has 0 saturated heterocycles. The maximum atomic E-state index is 12.9. The number of hydrogen-bond donors (Lipinski definition) is 0. The molecule has 0 aliphatic heterocycles. The number of carbonyl (C=O) groups is 1. The van der Waals surface area contributed by atoms with Crippen LogP contribution in [-0.4, -0.2) is 32.9 Å². The van der Waals surface area contributed by atoms with E-state index in [0.717, 1.165) is 0 Å². The van der Waals surface area contributed by atoms with Gasteiger partial charge >= 0.3 is 13.6 Å². The molecule has 7 heteroatoms. The van der Waals surface area contributed by atoms with Crippen LogP contribution >= 0.6 is 7.60 Å². The molecule has 0 aliphatic rings. The number of benzene rings is 1. The van der Waals surface area contributed by atoms with E-state index in [2.05, 4.69) is 0 Å². The van der Waals surface area contributed by atoms with Crippen LogP contribution in [0.3, 0.4) is 0 Å². The van der Waals surface area contributed by atoms with E-state index < -0.39 is 13.6 Å². The lowest BCUT2D eigenvalue weighted by atomic mass is 10.2. The van der Waals surface area contributed by atoms with Crippen molar-refractivity contribution in [3.05, 3.63) is 35.1 Å². The van der Waals surface area contributed by atoms with E-state index in [4.69, 9.17) is 18.5 Å². The highest BCUT2D eigenvalue weighted by Crippen LogP contribution is 2.57. The van der Waals surface area contributed by atoms with Gasteiger partial charge in [-0.15, -0.1) is 0 Å². The SMILES string of the molecule is CCOC(=O)C(=Cc1cccc(OC)c1)P(=O)(OCC)OCC. The average molecular weight is 342 g/mol. The molecule has 0 heterocycles. The van der Waals surface area contributed by atoms with Gasteiger partial charge in [0, 0.05) is 0 Å². The highest BCUT2D eigenvalue weighted by Gasteiger charge is 2.36. The van der Waals surface area contributed by atoms with Crippen molar-refractivity contribution < 1.29 is 27.9 Å². The fourth-order valence-corrected chi connectivity index (χ4v) is 3.49. The minimum Gasteiger partial charge on any atom is -0.497 e. The monoisotopic (exact) mass is 342 g/mol. The van der Waals surface area contributed by atoms with Gasteiger partial charge in [0.1, 0.15) is 11.1 Å². The summed E-state index contributed by atoms with van der Waals surface area (Å²) >= 11 is 0. The van der Waals surface area contributed by atoms with Crippen molar-refractivity contribution in [3.63, 3.8) is 0 Å². The fraction of sp³-hybridized carbons (Fsp3) is 0.438. The van der Waals surface area contributed by atoms with Crippen LogP contribution in [-0.2, 0) is 23.1 Å². The van der Waals surface area contributed by atoms with Gasteiger partial charge in [0.25, 0.3) is 0 Å². The molecule has 0 atom stereocenters. The lowest BCUT2D eigenvalue weighted by Crippen LogP contribution is -2.11. The largest absolute Gasteiger partial charge is 0.497 e. The summed E-state index contributed by atoms with van der Waals surface area (Å²) in [4.78, 5) is 12.2. The Hall–Kier alpha value is -1.62. The molecule has 6 nitrogen and oxygen atoms in total. The molecule has 0 unspecified atom stereocenters. The van der Waals surface area contributed by atoms with Crippen molar-refractivity contribution in [1.82, 2.24) is 0 Å². The molecule has 0 amide bonds. The van der Waals surface area contributed by atoms with Gasteiger partial charge in [0.15, 0.2) is 0 Å². The van der Waals surface area contributed by atoms with Crippen LogP contribution in [0.2, 0.25) is 0 Å². The molecule has 0 aliphatic carbocycles. The van der Waals surface area contributed by atoms with Gasteiger partial charge in [0.05, 0.1) is 26.9 Å². The van der Waals surface area contributed by atoms with E-state index >= 15 is 0 Å². The standard InChI is InChI=1S/C16H23O6P/c1-5-20-16(17)15(23(18,21-6-2)22-7-3)12-13-9-8-10-14(11-13)19-4/h8-12H,5-7H2,1-4H3. The maximum Gasteiger partial charge on any atom is 0.368 e. The molecule has 1 aromatic carbocycles. The van der Waals surface area contributed by atoms with Crippen molar-refractivity contribution >= 4 is 19.6 Å². The minimum atomic E-state index is -3.76. The minimum absolute atomic E-state index is 0.128. The Labute approximate surface area is 136 Å². The summed E-state index contributed by atoms with van der Waals surface area (Å²) in [5.41, 5.74) is 0.632. The first-order valence-corrected chi connectivity index (χ1v) is 8.97. The molecule has 0 radical (unpaired) electrons. The predicted molar refractivity (Wildman–Crippen MR) is 88.5 cm³/mol. The normalized spacial score (nSPS) is 12.1. The number of carbonyl (C=O) groups excluding carboxylic acids is 1. The summed E-state index contributed by atoms with van der Waals surface area (Å²) in [5, 5.41) is -0.128. The van der Waals surface area contributed by atoms with E-state index in [0.29, 0.717) is 11.3 Å². The van der Waals surface area contributed by atoms with E-state index in [9.17, 15) is 9.36 Å². The third-order valence-electron chi connectivity index (χ3n) is 2.77. The molecule has 0 fully saturated rings. The van der Waals surface area contributed by atoms with Crippen LogP contribution in [0.15, 0.2) is 29.6 Å². The van der Waals surface area contributed by atoms with Gasteiger partial charge in [-0.05, 0) is 44.5 Å². The molecule has 0 aromatic heterocycles. The van der Waals surface area contributed by atoms with E-state index in [1.807, 2.05) is 0 Å². The second-order valence-electron chi connectivity index (χ2n) is 4.36. The summed E-state index contributed by atoms with van der Waals surface area (Å²) < 4.78 is 33.6. The molecule has 1 rings (SSSR count). The van der Waals surface area contributed by atoms with Gasteiger partial charge in [0.2, 0.25) is 0 Å². The topological polar surface area (TPSA) is 71.1 Å². The zero-order valence-corrected chi connectivity index (χ0v) is 14.8. The second kappa shape index (κ2) is 9.50. The van der Waals surface area contributed by atoms with Crippen molar-refractivity contribution in [1.29, 1.82) is 0 Å².